The monoisotopic (exact) mass is 686 g/mol. The van der Waals surface area contributed by atoms with Crippen LogP contribution in [0, 0.1) is 0 Å². The molecular formula is C39H50N4O7. The van der Waals surface area contributed by atoms with E-state index in [0.717, 1.165) is 59.8 Å². The van der Waals surface area contributed by atoms with Crippen LogP contribution in [0.2, 0.25) is 0 Å². The van der Waals surface area contributed by atoms with Gasteiger partial charge in [0, 0.05) is 35.9 Å². The number of benzene rings is 2. The molecule has 4 aromatic rings. The largest absolute Gasteiger partial charge is 0.494 e. The summed E-state index contributed by atoms with van der Waals surface area (Å²) in [7, 11) is 0. The van der Waals surface area contributed by atoms with Gasteiger partial charge in [-0.1, -0.05) is 69.2 Å². The molecule has 2 aromatic carbocycles. The highest BCUT2D eigenvalue weighted by Crippen LogP contribution is 2.24. The van der Waals surface area contributed by atoms with Crippen LogP contribution in [0.15, 0.2) is 73.3 Å². The number of nitrogens with zero attached hydrogens (tertiary/aromatic N) is 4. The summed E-state index contributed by atoms with van der Waals surface area (Å²) in [5, 5.41) is 0. The van der Waals surface area contributed by atoms with Crippen molar-refractivity contribution in [3.8, 4) is 45.8 Å². The molecule has 0 saturated carbocycles. The van der Waals surface area contributed by atoms with Crippen LogP contribution in [0.3, 0.4) is 0 Å². The molecule has 0 radical (unpaired) electrons. The van der Waals surface area contributed by atoms with Gasteiger partial charge in [-0.25, -0.2) is 19.9 Å². The van der Waals surface area contributed by atoms with E-state index in [0.29, 0.717) is 64.9 Å². The molecule has 11 nitrogen and oxygen atoms in total. The Labute approximate surface area is 295 Å². The Kier molecular flexibility index (Phi) is 16.6. The van der Waals surface area contributed by atoms with Crippen LogP contribution in [-0.4, -0.2) is 86.0 Å². The smallest absolute Gasteiger partial charge is 0.316 e. The van der Waals surface area contributed by atoms with Crippen LogP contribution >= 0.6 is 0 Å². The van der Waals surface area contributed by atoms with Crippen molar-refractivity contribution < 1.29 is 33.2 Å². The molecule has 8 bridgehead atoms. The maximum absolute atomic E-state index is 5.97. The van der Waals surface area contributed by atoms with Gasteiger partial charge in [-0.2, -0.15) is 0 Å². The Morgan fingerprint density at radius 2 is 0.620 bits per heavy atom. The van der Waals surface area contributed by atoms with Crippen LogP contribution in [0.4, 0.5) is 0 Å². The van der Waals surface area contributed by atoms with Gasteiger partial charge >= 0.3 is 12.0 Å². The van der Waals surface area contributed by atoms with Gasteiger partial charge in [0.2, 0.25) is 0 Å². The van der Waals surface area contributed by atoms with Gasteiger partial charge in [0.05, 0.1) is 52.9 Å². The number of hydrogen-bond donors (Lipinski definition) is 0. The van der Waals surface area contributed by atoms with E-state index in [9.17, 15) is 0 Å². The first-order chi connectivity index (χ1) is 24.8. The SMILES string of the molecule is c1cc2ccc1OCCCCCCCCCCCOc1ccc(cc1)-c1cnc(nc1)OCCOCCOCCOCCOc1ncc-2cn1. The molecular weight excluding hydrogens is 636 g/mol. The molecule has 50 heavy (non-hydrogen) atoms. The second-order valence-electron chi connectivity index (χ2n) is 12.0. The summed E-state index contributed by atoms with van der Waals surface area (Å²) in [6, 6.07) is 16.7. The highest BCUT2D eigenvalue weighted by molar-refractivity contribution is 5.63. The van der Waals surface area contributed by atoms with E-state index in [4.69, 9.17) is 33.2 Å². The summed E-state index contributed by atoms with van der Waals surface area (Å²) >= 11 is 0. The average molecular weight is 687 g/mol. The summed E-state index contributed by atoms with van der Waals surface area (Å²) in [6.07, 6.45) is 17.9. The van der Waals surface area contributed by atoms with Crippen molar-refractivity contribution in [3.63, 3.8) is 0 Å². The van der Waals surface area contributed by atoms with Crippen molar-refractivity contribution in [1.82, 2.24) is 19.9 Å². The van der Waals surface area contributed by atoms with E-state index in [2.05, 4.69) is 19.9 Å². The summed E-state index contributed by atoms with van der Waals surface area (Å²) in [5.41, 5.74) is 3.89. The van der Waals surface area contributed by atoms with Gasteiger partial charge in [0.15, 0.2) is 0 Å². The molecule has 0 amide bonds. The topological polar surface area (TPSA) is 116 Å². The van der Waals surface area contributed by atoms with E-state index in [1.54, 1.807) is 24.8 Å². The first-order valence-electron chi connectivity index (χ1n) is 17.9. The van der Waals surface area contributed by atoms with Crippen LogP contribution in [0.25, 0.3) is 22.3 Å². The van der Waals surface area contributed by atoms with Gasteiger partial charge in [0.25, 0.3) is 0 Å². The zero-order valence-corrected chi connectivity index (χ0v) is 29.0. The fourth-order valence-electron chi connectivity index (χ4n) is 5.31. The normalized spacial score (nSPS) is 17.3. The number of ether oxygens (including phenoxy) is 7. The quantitative estimate of drug-likeness (QED) is 0.184. The highest BCUT2D eigenvalue weighted by atomic mass is 16.6. The van der Waals surface area contributed by atoms with Crippen LogP contribution < -0.4 is 18.9 Å². The lowest BCUT2D eigenvalue weighted by Crippen LogP contribution is -2.14. The Morgan fingerprint density at radius 3 is 0.980 bits per heavy atom. The minimum Gasteiger partial charge on any atom is -0.494 e. The fourth-order valence-corrected chi connectivity index (χ4v) is 5.31. The maximum Gasteiger partial charge on any atom is 0.316 e. The standard InChI is InChI=1S/C39H50N4O7/c1-2-4-6-8-18-47-36-14-10-32(11-15-36)34-28-40-38(41-29-34)49-26-24-45-22-20-44-21-23-46-25-27-50-39-42-30-35(31-43-39)33-12-16-37(17-13-33)48-19-9-7-5-3-1/h10-17,28-31H,1-9,18-27H2. The van der Waals surface area contributed by atoms with Gasteiger partial charge in [0.1, 0.15) is 24.7 Å². The molecule has 0 fully saturated rings. The molecule has 10 aliphatic rings. The molecule has 0 atom stereocenters. The van der Waals surface area contributed by atoms with Crippen molar-refractivity contribution in [1.29, 1.82) is 0 Å². The minimum absolute atomic E-state index is 0.319. The van der Waals surface area contributed by atoms with Crippen molar-refractivity contribution in [2.24, 2.45) is 0 Å². The zero-order valence-electron chi connectivity index (χ0n) is 29.0. The second-order valence-corrected chi connectivity index (χ2v) is 12.0. The molecule has 10 aliphatic heterocycles. The summed E-state index contributed by atoms with van der Waals surface area (Å²) < 4.78 is 39.9. The molecule has 11 heteroatoms. The maximum atomic E-state index is 5.97. The predicted octanol–water partition coefficient (Wildman–Crippen LogP) is 7.39. The van der Waals surface area contributed by atoms with E-state index in [-0.39, 0.29) is 0 Å². The number of rotatable bonds is 0. The Balaban J connectivity index is 1.02. The Hall–Kier alpha value is -4.32. The zero-order chi connectivity index (χ0) is 34.3. The molecule has 0 spiro atoms. The second kappa shape index (κ2) is 22.4. The minimum atomic E-state index is 0.319. The lowest BCUT2D eigenvalue weighted by molar-refractivity contribution is 0.00415. The van der Waals surface area contributed by atoms with Crippen LogP contribution in [0.5, 0.6) is 23.5 Å². The molecule has 0 aliphatic carbocycles. The predicted molar refractivity (Wildman–Crippen MR) is 191 cm³/mol. The third kappa shape index (κ3) is 13.9. The van der Waals surface area contributed by atoms with E-state index < -0.39 is 0 Å². The van der Waals surface area contributed by atoms with Gasteiger partial charge < -0.3 is 33.2 Å². The van der Waals surface area contributed by atoms with Crippen LogP contribution in [-0.2, 0) is 14.2 Å². The van der Waals surface area contributed by atoms with Gasteiger partial charge in [-0.05, 0) is 48.2 Å². The van der Waals surface area contributed by atoms with Crippen molar-refractivity contribution in [3.05, 3.63) is 73.3 Å². The first-order valence-corrected chi connectivity index (χ1v) is 17.9. The van der Waals surface area contributed by atoms with Crippen LogP contribution in [0.1, 0.15) is 57.8 Å². The molecule has 12 heterocycles. The average Bonchev–Trinajstić information content (AvgIpc) is 3.16. The Bertz CT molecular complexity index is 1230. The van der Waals surface area contributed by atoms with Crippen molar-refractivity contribution >= 4 is 0 Å². The van der Waals surface area contributed by atoms with E-state index >= 15 is 0 Å². The number of hydrogen-bond acceptors (Lipinski definition) is 11. The molecule has 0 unspecified atom stereocenters. The van der Waals surface area contributed by atoms with Crippen molar-refractivity contribution in [2.45, 2.75) is 57.8 Å². The van der Waals surface area contributed by atoms with E-state index in [1.807, 2.05) is 48.5 Å². The summed E-state index contributed by atoms with van der Waals surface area (Å²) in [6.45, 7) is 4.83. The summed E-state index contributed by atoms with van der Waals surface area (Å²) in [4.78, 5) is 17.3. The molecule has 14 rings (SSSR count). The van der Waals surface area contributed by atoms with Gasteiger partial charge in [-0.15, -0.1) is 0 Å². The highest BCUT2D eigenvalue weighted by Gasteiger charge is 2.05. The molecule has 268 valence electrons. The third-order valence-electron chi connectivity index (χ3n) is 8.12. The van der Waals surface area contributed by atoms with Gasteiger partial charge in [-0.3, -0.25) is 0 Å². The molecule has 0 N–H and O–H groups in total. The first kappa shape index (κ1) is 36.9. The summed E-state index contributed by atoms with van der Waals surface area (Å²) in [5.74, 6) is 1.76. The fraction of sp³-hybridized carbons (Fsp3) is 0.487. The lowest BCUT2D eigenvalue weighted by Gasteiger charge is -2.09. The van der Waals surface area contributed by atoms with E-state index in [1.165, 1.54) is 44.9 Å². The Morgan fingerprint density at radius 1 is 0.300 bits per heavy atom. The lowest BCUT2D eigenvalue weighted by atomic mass is 10.1. The third-order valence-corrected chi connectivity index (χ3v) is 8.12. The molecule has 0 saturated heterocycles. The number of aromatic nitrogens is 4. The molecule has 2 aromatic heterocycles. The van der Waals surface area contributed by atoms with Crippen molar-refractivity contribution in [2.75, 3.05) is 66.1 Å².